The van der Waals surface area contributed by atoms with Gasteiger partial charge in [-0.25, -0.2) is 4.98 Å². The van der Waals surface area contributed by atoms with Crippen molar-refractivity contribution in [2.75, 3.05) is 5.32 Å². The summed E-state index contributed by atoms with van der Waals surface area (Å²) in [6.07, 6.45) is -0.354. The summed E-state index contributed by atoms with van der Waals surface area (Å²) in [4.78, 5) is 16.3. The van der Waals surface area contributed by atoms with Crippen LogP contribution >= 0.6 is 0 Å². The van der Waals surface area contributed by atoms with Crippen molar-refractivity contribution in [3.8, 4) is 0 Å². The molecule has 1 aliphatic carbocycles. The number of fused-ring (bicyclic) bond motifs is 3. The third-order valence-corrected chi connectivity index (χ3v) is 4.63. The standard InChI is InChI=1S/C17H14F3N5O/c1-9-2-4-13-11(9)6-12(15-24-22-8-25(13)15)16(26)23-14-5-3-10(7-21-14)17(18,19)20/h3,5-9H,2,4H2,1H3,(H,21,23,26)/t9-/m0/s1. The van der Waals surface area contributed by atoms with E-state index in [0.717, 1.165) is 36.2 Å². The van der Waals surface area contributed by atoms with E-state index in [9.17, 15) is 18.0 Å². The molecule has 3 heterocycles. The van der Waals surface area contributed by atoms with Crippen LogP contribution in [0.4, 0.5) is 19.0 Å². The molecule has 0 bridgehead atoms. The van der Waals surface area contributed by atoms with E-state index in [1.165, 1.54) is 0 Å². The number of alkyl halides is 3. The second-order valence-corrected chi connectivity index (χ2v) is 6.31. The van der Waals surface area contributed by atoms with Crippen molar-refractivity contribution < 1.29 is 18.0 Å². The highest BCUT2D eigenvalue weighted by atomic mass is 19.4. The molecule has 0 spiro atoms. The third-order valence-electron chi connectivity index (χ3n) is 4.63. The molecule has 26 heavy (non-hydrogen) atoms. The van der Waals surface area contributed by atoms with Gasteiger partial charge in [0.25, 0.3) is 5.91 Å². The molecule has 4 rings (SSSR count). The fraction of sp³-hybridized carbons (Fsp3) is 0.294. The molecule has 1 aliphatic rings. The van der Waals surface area contributed by atoms with Crippen molar-refractivity contribution in [2.45, 2.75) is 31.9 Å². The molecule has 9 heteroatoms. The van der Waals surface area contributed by atoms with Gasteiger partial charge >= 0.3 is 6.18 Å². The molecule has 1 N–H and O–H groups in total. The molecule has 0 saturated heterocycles. The summed E-state index contributed by atoms with van der Waals surface area (Å²) >= 11 is 0. The van der Waals surface area contributed by atoms with Crippen LogP contribution in [0.1, 0.15) is 46.4 Å². The molecule has 134 valence electrons. The monoisotopic (exact) mass is 361 g/mol. The predicted octanol–water partition coefficient (Wildman–Crippen LogP) is 3.45. The van der Waals surface area contributed by atoms with Crippen molar-refractivity contribution in [3.05, 3.63) is 53.1 Å². The highest BCUT2D eigenvalue weighted by Crippen LogP contribution is 2.34. The van der Waals surface area contributed by atoms with Crippen LogP contribution in [0, 0.1) is 0 Å². The second kappa shape index (κ2) is 5.79. The van der Waals surface area contributed by atoms with Gasteiger partial charge in [0.1, 0.15) is 12.1 Å². The molecule has 0 fully saturated rings. The van der Waals surface area contributed by atoms with E-state index in [2.05, 4.69) is 27.4 Å². The first-order valence-corrected chi connectivity index (χ1v) is 8.04. The Morgan fingerprint density at radius 3 is 2.85 bits per heavy atom. The van der Waals surface area contributed by atoms with Crippen molar-refractivity contribution in [2.24, 2.45) is 0 Å². The number of hydrogen-bond acceptors (Lipinski definition) is 4. The van der Waals surface area contributed by atoms with E-state index >= 15 is 0 Å². The van der Waals surface area contributed by atoms with Gasteiger partial charge in [0.15, 0.2) is 5.65 Å². The number of amides is 1. The van der Waals surface area contributed by atoms with E-state index in [4.69, 9.17) is 0 Å². The number of pyridine rings is 2. The molecule has 1 atom stereocenters. The summed E-state index contributed by atoms with van der Waals surface area (Å²) in [5, 5.41) is 10.4. The summed E-state index contributed by atoms with van der Waals surface area (Å²) in [6.45, 7) is 2.08. The van der Waals surface area contributed by atoms with E-state index in [0.29, 0.717) is 23.3 Å². The van der Waals surface area contributed by atoms with Gasteiger partial charge in [0, 0.05) is 11.9 Å². The molecule has 6 nitrogen and oxygen atoms in total. The largest absolute Gasteiger partial charge is 0.417 e. The van der Waals surface area contributed by atoms with Crippen LogP contribution in [0.2, 0.25) is 0 Å². The Kier molecular flexibility index (Phi) is 3.67. The zero-order valence-corrected chi connectivity index (χ0v) is 13.7. The molecule has 0 unspecified atom stereocenters. The topological polar surface area (TPSA) is 72.2 Å². The molecular formula is C17H14F3N5O. The Morgan fingerprint density at radius 1 is 1.35 bits per heavy atom. The first-order chi connectivity index (χ1) is 12.3. The second-order valence-electron chi connectivity index (χ2n) is 6.31. The van der Waals surface area contributed by atoms with Gasteiger partial charge in [-0.1, -0.05) is 6.92 Å². The Morgan fingerprint density at radius 2 is 2.15 bits per heavy atom. The molecule has 3 aromatic rings. The highest BCUT2D eigenvalue weighted by molar-refractivity contribution is 6.08. The van der Waals surface area contributed by atoms with Gasteiger partial charge in [0.05, 0.1) is 11.1 Å². The van der Waals surface area contributed by atoms with Crippen LogP contribution in [0.15, 0.2) is 30.7 Å². The highest BCUT2D eigenvalue weighted by Gasteiger charge is 2.31. The maximum Gasteiger partial charge on any atom is 0.417 e. The van der Waals surface area contributed by atoms with Gasteiger partial charge in [-0.3, -0.25) is 9.20 Å². The summed E-state index contributed by atoms with van der Waals surface area (Å²) in [5.41, 5.74) is 2.00. The average molecular weight is 361 g/mol. The quantitative estimate of drug-likeness (QED) is 0.759. The van der Waals surface area contributed by atoms with E-state index in [1.54, 1.807) is 16.8 Å². The minimum atomic E-state index is -4.47. The van der Waals surface area contributed by atoms with Crippen LogP contribution in [0.25, 0.3) is 5.65 Å². The van der Waals surface area contributed by atoms with E-state index < -0.39 is 17.6 Å². The predicted molar refractivity (Wildman–Crippen MR) is 86.9 cm³/mol. The van der Waals surface area contributed by atoms with Crippen molar-refractivity contribution in [1.29, 1.82) is 0 Å². The number of halogens is 3. The fourth-order valence-electron chi connectivity index (χ4n) is 3.25. The Labute approximate surface area is 146 Å². The number of carbonyl (C=O) groups is 1. The summed E-state index contributed by atoms with van der Waals surface area (Å²) < 4.78 is 39.6. The average Bonchev–Trinajstić information content (AvgIpc) is 3.20. The minimum Gasteiger partial charge on any atom is -0.306 e. The summed E-state index contributed by atoms with van der Waals surface area (Å²) in [6, 6.07) is 3.79. The zero-order valence-electron chi connectivity index (χ0n) is 13.7. The number of nitrogens with one attached hydrogen (secondary N) is 1. The zero-order chi connectivity index (χ0) is 18.5. The number of nitrogens with zero attached hydrogens (tertiary/aromatic N) is 4. The first-order valence-electron chi connectivity index (χ1n) is 8.04. The first kappa shape index (κ1) is 16.5. The lowest BCUT2D eigenvalue weighted by Gasteiger charge is -2.11. The molecule has 1 amide bonds. The normalized spacial score (nSPS) is 16.7. The van der Waals surface area contributed by atoms with E-state index in [-0.39, 0.29) is 5.82 Å². The van der Waals surface area contributed by atoms with Gasteiger partial charge < -0.3 is 5.32 Å². The smallest absolute Gasteiger partial charge is 0.306 e. The number of anilines is 1. The molecule has 0 saturated carbocycles. The number of rotatable bonds is 2. The molecule has 0 radical (unpaired) electrons. The van der Waals surface area contributed by atoms with Crippen LogP contribution in [0.5, 0.6) is 0 Å². The van der Waals surface area contributed by atoms with E-state index in [1.807, 2.05) is 0 Å². The Hall–Kier alpha value is -2.97. The fourth-order valence-corrected chi connectivity index (χ4v) is 3.25. The van der Waals surface area contributed by atoms with Crippen LogP contribution in [-0.2, 0) is 12.6 Å². The lowest BCUT2D eigenvalue weighted by atomic mass is 10.0. The van der Waals surface area contributed by atoms with Gasteiger partial charge in [-0.05, 0) is 42.5 Å². The Balaban J connectivity index is 1.67. The van der Waals surface area contributed by atoms with Crippen molar-refractivity contribution in [1.82, 2.24) is 19.6 Å². The maximum atomic E-state index is 12.7. The number of hydrogen-bond donors (Lipinski definition) is 1. The van der Waals surface area contributed by atoms with Crippen LogP contribution in [0.3, 0.4) is 0 Å². The number of aromatic nitrogens is 4. The summed E-state index contributed by atoms with van der Waals surface area (Å²) in [5.74, 6) is -0.140. The van der Waals surface area contributed by atoms with Gasteiger partial charge in [0.2, 0.25) is 0 Å². The number of aryl methyl sites for hydroxylation is 1. The minimum absolute atomic E-state index is 0.0363. The SMILES string of the molecule is C[C@H]1CCc2c1cc(C(=O)Nc1ccc(C(F)(F)F)cn1)c1nncn21. The van der Waals surface area contributed by atoms with Gasteiger partial charge in [-0.2, -0.15) is 13.2 Å². The maximum absolute atomic E-state index is 12.7. The molecule has 0 aromatic carbocycles. The van der Waals surface area contributed by atoms with Crippen molar-refractivity contribution >= 4 is 17.4 Å². The Bertz CT molecular complexity index is 994. The molecule has 3 aromatic heterocycles. The van der Waals surface area contributed by atoms with Crippen LogP contribution < -0.4 is 5.32 Å². The van der Waals surface area contributed by atoms with Crippen LogP contribution in [-0.4, -0.2) is 25.5 Å². The van der Waals surface area contributed by atoms with Gasteiger partial charge in [-0.15, -0.1) is 10.2 Å². The summed E-state index contributed by atoms with van der Waals surface area (Å²) in [7, 11) is 0. The molecular weight excluding hydrogens is 347 g/mol. The van der Waals surface area contributed by atoms with Crippen molar-refractivity contribution in [3.63, 3.8) is 0 Å². The number of carbonyl (C=O) groups excluding carboxylic acids is 1. The lowest BCUT2D eigenvalue weighted by molar-refractivity contribution is -0.137. The third kappa shape index (κ3) is 2.69. The molecule has 0 aliphatic heterocycles. The lowest BCUT2D eigenvalue weighted by Crippen LogP contribution is -2.16.